The lowest BCUT2D eigenvalue weighted by Crippen LogP contribution is -2.47. The predicted molar refractivity (Wildman–Crippen MR) is 251 cm³/mol. The fourth-order valence-electron chi connectivity index (χ4n) is 9.27. The Morgan fingerprint density at radius 3 is 2.51 bits per heavy atom. The molecule has 2 saturated heterocycles. The van der Waals surface area contributed by atoms with Crippen molar-refractivity contribution in [3.63, 3.8) is 0 Å². The van der Waals surface area contributed by atoms with E-state index >= 15 is 0 Å². The molecule has 3 aromatic heterocycles. The minimum absolute atomic E-state index is 0.0426. The molecule has 0 atom stereocenters. The minimum atomic E-state index is -4.42. The van der Waals surface area contributed by atoms with Crippen LogP contribution in [0.25, 0.3) is 33.3 Å². The number of allylic oxidation sites excluding steroid dienone is 1. The second-order valence-electron chi connectivity index (χ2n) is 18.1. The van der Waals surface area contributed by atoms with E-state index in [9.17, 15) is 18.1 Å². The lowest BCUT2D eigenvalue weighted by molar-refractivity contribution is 0.0981. The summed E-state index contributed by atoms with van der Waals surface area (Å²) in [6.45, 7) is 11.5. The van der Waals surface area contributed by atoms with Gasteiger partial charge in [-0.15, -0.1) is 4.91 Å². The van der Waals surface area contributed by atoms with E-state index in [1.54, 1.807) is 23.1 Å². The number of likely N-dealkylation sites (tertiary alicyclic amines) is 1. The number of piperazine rings is 1. The second-order valence-corrected chi connectivity index (χ2v) is 20.2. The monoisotopic (exact) mass is 888 g/mol. The number of rotatable bonds is 12. The van der Waals surface area contributed by atoms with E-state index in [0.717, 1.165) is 94.0 Å². The molecule has 6 aromatic rings. The third-order valence-electron chi connectivity index (χ3n) is 13.1. The molecule has 9 rings (SSSR count). The first kappa shape index (κ1) is 42.7. The number of hydrogen-bond acceptors (Lipinski definition) is 11. The first-order valence-corrected chi connectivity index (χ1v) is 23.6. The smallest absolute Gasteiger partial charge is 0.267 e. The number of carbonyl (C=O) groups excluding carboxylic acids is 1. The average molecular weight is 890 g/mol. The second kappa shape index (κ2) is 17.5. The van der Waals surface area contributed by atoms with Gasteiger partial charge in [0.2, 0.25) is 0 Å². The predicted octanol–water partition coefficient (Wildman–Crippen LogP) is 8.61. The summed E-state index contributed by atoms with van der Waals surface area (Å²) >= 11 is 6.26. The van der Waals surface area contributed by atoms with Gasteiger partial charge in [0.05, 0.1) is 27.4 Å². The van der Waals surface area contributed by atoms with Crippen molar-refractivity contribution in [2.45, 2.75) is 50.8 Å². The van der Waals surface area contributed by atoms with Crippen molar-refractivity contribution in [1.29, 1.82) is 0 Å². The van der Waals surface area contributed by atoms with Crippen LogP contribution in [0.2, 0.25) is 5.02 Å². The van der Waals surface area contributed by atoms with E-state index in [4.69, 9.17) is 16.6 Å². The molecule has 3 aromatic carbocycles. The molecule has 0 spiro atoms. The average Bonchev–Trinajstić information content (AvgIpc) is 3.92. The van der Waals surface area contributed by atoms with Crippen molar-refractivity contribution in [3.8, 4) is 5.69 Å². The quantitative estimate of drug-likeness (QED) is 0.102. The van der Waals surface area contributed by atoms with E-state index in [1.165, 1.54) is 34.9 Å². The van der Waals surface area contributed by atoms with Crippen molar-refractivity contribution in [2.24, 2.45) is 16.5 Å². The number of hydrogen-bond donors (Lipinski definition) is 3. The van der Waals surface area contributed by atoms with Gasteiger partial charge >= 0.3 is 0 Å². The Bertz CT molecular complexity index is 2820. The number of piperidine rings is 1. The Morgan fingerprint density at radius 1 is 0.968 bits per heavy atom. The van der Waals surface area contributed by atoms with Crippen molar-refractivity contribution in [3.05, 3.63) is 112 Å². The maximum absolute atomic E-state index is 14.2. The van der Waals surface area contributed by atoms with Crippen LogP contribution < -0.4 is 14.9 Å². The number of pyridine rings is 1. The molecule has 328 valence electrons. The highest BCUT2D eigenvalue weighted by Crippen LogP contribution is 2.43. The van der Waals surface area contributed by atoms with Gasteiger partial charge in [0.25, 0.3) is 15.9 Å². The maximum Gasteiger partial charge on any atom is 0.267 e. The van der Waals surface area contributed by atoms with Crippen LogP contribution in [0.4, 0.5) is 17.1 Å². The SMILES string of the molecule is CN1CCC(CNc2ccc(S(=O)(=O)NC(=O)c3ccc(N4CCN(CC5=C(c6ccc(Cl)cc6)CC(C)(C)CC5)CC4)cc3-n3[nH]cc4nc5nccc5cc43)cc2N=O)CC1. The van der Waals surface area contributed by atoms with Crippen molar-refractivity contribution in [2.75, 3.05) is 69.6 Å². The number of halogens is 1. The van der Waals surface area contributed by atoms with Crippen LogP contribution in [0.1, 0.15) is 61.9 Å². The fourth-order valence-corrected chi connectivity index (χ4v) is 10.4. The fraction of sp³-hybridized carbons (Fsp3) is 0.383. The summed E-state index contributed by atoms with van der Waals surface area (Å²) in [6.07, 6.45) is 8.73. The van der Waals surface area contributed by atoms with Gasteiger partial charge in [0.15, 0.2) is 5.65 Å². The Morgan fingerprint density at radius 2 is 1.75 bits per heavy atom. The van der Waals surface area contributed by atoms with Crippen molar-refractivity contribution >= 4 is 72.2 Å². The van der Waals surface area contributed by atoms with Gasteiger partial charge in [-0.3, -0.25) is 19.5 Å². The molecule has 2 fully saturated rings. The van der Waals surface area contributed by atoms with E-state index < -0.39 is 15.9 Å². The van der Waals surface area contributed by atoms with E-state index in [2.05, 4.69) is 73.0 Å². The molecule has 1 aliphatic carbocycles. The van der Waals surface area contributed by atoms with E-state index in [0.29, 0.717) is 40.5 Å². The molecule has 3 N–H and O–H groups in total. The zero-order valence-electron chi connectivity index (χ0n) is 35.9. The molecule has 5 heterocycles. The number of carbonyl (C=O) groups is 1. The molecule has 0 bridgehead atoms. The molecule has 3 aliphatic rings. The van der Waals surface area contributed by atoms with Crippen LogP contribution in [0.15, 0.2) is 101 Å². The van der Waals surface area contributed by atoms with Gasteiger partial charge in [-0.25, -0.2) is 23.1 Å². The van der Waals surface area contributed by atoms with Crippen LogP contribution in [0.3, 0.4) is 0 Å². The number of nitrogens with zero attached hydrogens (tertiary/aromatic N) is 7. The lowest BCUT2D eigenvalue weighted by Gasteiger charge is -2.39. The largest absolute Gasteiger partial charge is 0.383 e. The molecule has 16 heteroatoms. The normalized spacial score (nSPS) is 18.0. The molecular formula is C47H53ClN10O4S. The molecular weight excluding hydrogens is 836 g/mol. The van der Waals surface area contributed by atoms with Crippen molar-refractivity contribution in [1.82, 2.24) is 34.3 Å². The van der Waals surface area contributed by atoms with Crippen LogP contribution in [0.5, 0.6) is 0 Å². The summed E-state index contributed by atoms with van der Waals surface area (Å²) in [5, 5.41) is 11.2. The number of benzene rings is 3. The number of amides is 1. The number of nitroso groups, excluding NO2 is 1. The summed E-state index contributed by atoms with van der Waals surface area (Å²) < 4.78 is 31.7. The third kappa shape index (κ3) is 9.24. The summed E-state index contributed by atoms with van der Waals surface area (Å²) in [6, 6.07) is 21.6. The molecule has 0 saturated carbocycles. The van der Waals surface area contributed by atoms with Gasteiger partial charge in [0.1, 0.15) is 11.2 Å². The summed E-state index contributed by atoms with van der Waals surface area (Å²) in [5.41, 5.74) is 8.21. The first-order chi connectivity index (χ1) is 30.3. The molecule has 63 heavy (non-hydrogen) atoms. The standard InChI is InChI=1S/C47H53ClN10O4S/c1-47(2)16-12-34(39(27-47)32-4-6-35(48)7-5-32)30-56-20-22-57(23-21-56)36-8-10-38(43(25-36)58-44-24-33-13-17-49-45(33)52-42(44)29-51-58)46(59)54-63(61,62)37-9-11-40(41(26-37)53-60)50-28-31-14-18-55(3)19-15-31/h4-11,13,17,24-26,29,31,50-51H,12,14-16,18-23,27-28,30H2,1-3H3,(H,54,59). The number of aromatic nitrogens is 4. The van der Waals surface area contributed by atoms with Crippen LogP contribution in [0, 0.1) is 16.2 Å². The van der Waals surface area contributed by atoms with Gasteiger partial charge in [-0.1, -0.05) is 43.2 Å². The number of nitrogens with one attached hydrogen (secondary N) is 3. The third-order valence-corrected chi connectivity index (χ3v) is 14.7. The van der Waals surface area contributed by atoms with Crippen LogP contribution >= 0.6 is 11.6 Å². The first-order valence-electron chi connectivity index (χ1n) is 21.7. The zero-order chi connectivity index (χ0) is 43.9. The summed E-state index contributed by atoms with van der Waals surface area (Å²) in [5.74, 6) is -0.399. The Hall–Kier alpha value is -5.61. The number of anilines is 2. The molecule has 0 unspecified atom stereocenters. The zero-order valence-corrected chi connectivity index (χ0v) is 37.5. The maximum atomic E-state index is 14.2. The van der Waals surface area contributed by atoms with Crippen LogP contribution in [-0.2, 0) is 10.0 Å². The Balaban J connectivity index is 0.963. The molecule has 0 radical (unpaired) electrons. The topological polar surface area (TPSA) is 161 Å². The molecule has 14 nitrogen and oxygen atoms in total. The Kier molecular flexibility index (Phi) is 11.9. The van der Waals surface area contributed by atoms with Gasteiger partial charge < -0.3 is 15.1 Å². The van der Waals surface area contributed by atoms with Crippen molar-refractivity contribution < 1.29 is 13.2 Å². The minimum Gasteiger partial charge on any atom is -0.383 e. The highest BCUT2D eigenvalue weighted by Gasteiger charge is 2.30. The number of fused-ring (bicyclic) bond motifs is 2. The highest BCUT2D eigenvalue weighted by atomic mass is 35.5. The highest BCUT2D eigenvalue weighted by molar-refractivity contribution is 7.90. The summed E-state index contributed by atoms with van der Waals surface area (Å²) in [4.78, 5) is 42.1. The molecule has 2 aliphatic heterocycles. The van der Waals surface area contributed by atoms with Gasteiger partial charge in [-0.05, 0) is 141 Å². The molecule has 1 amide bonds. The van der Waals surface area contributed by atoms with Gasteiger partial charge in [0, 0.05) is 67.8 Å². The van der Waals surface area contributed by atoms with E-state index in [-0.39, 0.29) is 21.6 Å². The summed E-state index contributed by atoms with van der Waals surface area (Å²) in [7, 11) is -2.33. The number of H-pyrrole nitrogens is 1. The number of aromatic amines is 1. The van der Waals surface area contributed by atoms with Crippen LogP contribution in [-0.4, -0.2) is 103 Å². The van der Waals surface area contributed by atoms with E-state index in [1.807, 2.05) is 36.4 Å². The Labute approximate surface area is 372 Å². The number of sulfonamides is 1. The van der Waals surface area contributed by atoms with Gasteiger partial charge in [-0.2, -0.15) is 0 Å². The lowest BCUT2D eigenvalue weighted by atomic mass is 9.72.